The van der Waals surface area contributed by atoms with Crippen LogP contribution in [0.2, 0.25) is 0 Å². The number of hydrogen-bond donors (Lipinski definition) is 0. The van der Waals surface area contributed by atoms with Gasteiger partial charge in [0.05, 0.1) is 0 Å². The van der Waals surface area contributed by atoms with Crippen LogP contribution in [-0.4, -0.2) is 24.5 Å². The third-order valence-corrected chi connectivity index (χ3v) is 4.23. The normalized spacial score (nSPS) is 13.3. The van der Waals surface area contributed by atoms with Gasteiger partial charge in [0.25, 0.3) is 0 Å². The summed E-state index contributed by atoms with van der Waals surface area (Å²) < 4.78 is 0. The summed E-state index contributed by atoms with van der Waals surface area (Å²) in [7, 11) is 2.26. The fraction of sp³-hybridized carbons (Fsp3) is 0.600. The van der Waals surface area contributed by atoms with Gasteiger partial charge >= 0.3 is 0 Å². The number of hydrogen-bond acceptors (Lipinski definition) is 1. The highest BCUT2D eigenvalue weighted by molar-refractivity contribution is 5.24. The molecule has 1 rings (SSSR count). The number of benzene rings is 1. The molecule has 0 aliphatic rings. The molecule has 0 aromatic heterocycles. The first kappa shape index (κ1) is 18.0. The van der Waals surface area contributed by atoms with E-state index in [0.29, 0.717) is 6.04 Å². The molecule has 0 saturated carbocycles. The molecule has 0 heterocycles. The maximum Gasteiger partial charge on any atom is 0.0285 e. The van der Waals surface area contributed by atoms with Gasteiger partial charge < -0.3 is 0 Å². The smallest absolute Gasteiger partial charge is 0.0285 e. The molecule has 0 bridgehead atoms. The second-order valence-corrected chi connectivity index (χ2v) is 7.10. The minimum Gasteiger partial charge on any atom is -0.300 e. The van der Waals surface area contributed by atoms with Crippen molar-refractivity contribution >= 4 is 0 Å². The molecule has 118 valence electrons. The van der Waals surface area contributed by atoms with Gasteiger partial charge in [0, 0.05) is 6.04 Å². The number of likely N-dealkylation sites (N-methyl/N-ethyl adjacent to an activating group) is 1. The topological polar surface area (TPSA) is 3.24 Å². The zero-order valence-electron chi connectivity index (χ0n) is 14.8. The van der Waals surface area contributed by atoms with Gasteiger partial charge in [0.15, 0.2) is 0 Å². The van der Waals surface area contributed by atoms with Crippen LogP contribution in [0.15, 0.2) is 42.0 Å². The summed E-state index contributed by atoms with van der Waals surface area (Å²) in [4.78, 5) is 2.52. The molecule has 1 atom stereocenters. The summed E-state index contributed by atoms with van der Waals surface area (Å²) in [6, 6.07) is 11.4. The Morgan fingerprint density at radius 3 is 2.33 bits per heavy atom. The Bertz CT molecular complexity index is 426. The van der Waals surface area contributed by atoms with Crippen molar-refractivity contribution in [3.63, 3.8) is 0 Å². The van der Waals surface area contributed by atoms with Gasteiger partial charge in [-0.05, 0) is 51.3 Å². The first-order valence-corrected chi connectivity index (χ1v) is 8.27. The molecular formula is C20H33N. The van der Waals surface area contributed by atoms with Crippen molar-refractivity contribution in [2.24, 2.45) is 0 Å². The second kappa shape index (κ2) is 8.38. The van der Waals surface area contributed by atoms with Gasteiger partial charge in [-0.25, -0.2) is 0 Å². The lowest BCUT2D eigenvalue weighted by molar-refractivity contribution is 0.234. The zero-order valence-corrected chi connectivity index (χ0v) is 14.8. The molecule has 1 heteroatoms. The Kier molecular flexibility index (Phi) is 7.17. The molecule has 1 unspecified atom stereocenters. The van der Waals surface area contributed by atoms with Crippen LogP contribution in [0.25, 0.3) is 0 Å². The van der Waals surface area contributed by atoms with E-state index >= 15 is 0 Å². The molecule has 0 fully saturated rings. The van der Waals surface area contributed by atoms with Crippen molar-refractivity contribution in [3.05, 3.63) is 47.5 Å². The van der Waals surface area contributed by atoms with E-state index in [0.717, 1.165) is 6.42 Å². The number of rotatable bonds is 8. The van der Waals surface area contributed by atoms with Crippen LogP contribution < -0.4 is 0 Å². The lowest BCUT2D eigenvalue weighted by Crippen LogP contribution is -2.36. The van der Waals surface area contributed by atoms with Gasteiger partial charge in [0.2, 0.25) is 0 Å². The fourth-order valence-corrected chi connectivity index (χ4v) is 2.83. The lowest BCUT2D eigenvalue weighted by Gasteiger charge is -2.34. The number of allylic oxidation sites excluding steroid dienone is 1. The maximum atomic E-state index is 2.52. The van der Waals surface area contributed by atoms with Gasteiger partial charge in [0.1, 0.15) is 0 Å². The van der Waals surface area contributed by atoms with E-state index in [4.69, 9.17) is 0 Å². The first-order valence-electron chi connectivity index (χ1n) is 8.27. The van der Waals surface area contributed by atoms with E-state index in [-0.39, 0.29) is 5.41 Å². The molecule has 0 spiro atoms. The van der Waals surface area contributed by atoms with Crippen LogP contribution in [0.4, 0.5) is 0 Å². The summed E-state index contributed by atoms with van der Waals surface area (Å²) in [6.07, 6.45) is 6.12. The number of unbranched alkanes of at least 4 members (excludes halogenated alkanes) is 1. The van der Waals surface area contributed by atoms with Crippen molar-refractivity contribution in [2.75, 3.05) is 13.6 Å². The number of nitrogens with zero attached hydrogens (tertiary/aromatic N) is 1. The van der Waals surface area contributed by atoms with Crippen LogP contribution in [0, 0.1) is 0 Å². The Morgan fingerprint density at radius 2 is 1.81 bits per heavy atom. The standard InChI is InChI=1S/C20H33N/c1-7-8-14-21(6)19(15-17(2)3)16-20(4,5)18-12-10-9-11-13-18/h9-13,15,19H,7-8,14,16H2,1-6H3. The van der Waals surface area contributed by atoms with E-state index in [2.05, 4.69) is 83.0 Å². The molecule has 1 aromatic rings. The quantitative estimate of drug-likeness (QED) is 0.577. The Balaban J connectivity index is 2.87. The van der Waals surface area contributed by atoms with Gasteiger partial charge in [-0.1, -0.05) is 69.2 Å². The molecule has 1 nitrogen and oxygen atoms in total. The highest BCUT2D eigenvalue weighted by Crippen LogP contribution is 2.30. The molecule has 0 aliphatic heterocycles. The van der Waals surface area contributed by atoms with Crippen molar-refractivity contribution in [2.45, 2.75) is 65.3 Å². The predicted octanol–water partition coefficient (Wildman–Crippen LogP) is 5.42. The molecule has 0 aliphatic carbocycles. The van der Waals surface area contributed by atoms with Crippen molar-refractivity contribution in [3.8, 4) is 0 Å². The van der Waals surface area contributed by atoms with Crippen LogP contribution in [0.3, 0.4) is 0 Å². The Morgan fingerprint density at radius 1 is 1.19 bits per heavy atom. The monoisotopic (exact) mass is 287 g/mol. The first-order chi connectivity index (χ1) is 9.86. The third kappa shape index (κ3) is 6.05. The van der Waals surface area contributed by atoms with Crippen LogP contribution in [0.5, 0.6) is 0 Å². The molecular weight excluding hydrogens is 254 g/mol. The molecule has 0 saturated heterocycles. The summed E-state index contributed by atoms with van der Waals surface area (Å²) >= 11 is 0. The zero-order chi connectivity index (χ0) is 15.9. The van der Waals surface area contributed by atoms with E-state index in [1.807, 2.05) is 0 Å². The largest absolute Gasteiger partial charge is 0.300 e. The van der Waals surface area contributed by atoms with E-state index < -0.39 is 0 Å². The maximum absolute atomic E-state index is 2.52. The molecule has 1 aromatic carbocycles. The average Bonchev–Trinajstić information content (AvgIpc) is 2.44. The van der Waals surface area contributed by atoms with E-state index in [9.17, 15) is 0 Å². The highest BCUT2D eigenvalue weighted by Gasteiger charge is 2.26. The van der Waals surface area contributed by atoms with Gasteiger partial charge in [-0.2, -0.15) is 0 Å². The van der Waals surface area contributed by atoms with E-state index in [1.165, 1.54) is 30.5 Å². The highest BCUT2D eigenvalue weighted by atomic mass is 15.1. The predicted molar refractivity (Wildman–Crippen MR) is 94.8 cm³/mol. The SMILES string of the molecule is CCCCN(C)C(C=C(C)C)CC(C)(C)c1ccccc1. The third-order valence-electron chi connectivity index (χ3n) is 4.23. The van der Waals surface area contributed by atoms with Crippen LogP contribution in [-0.2, 0) is 5.41 Å². The summed E-state index contributed by atoms with van der Waals surface area (Å²) in [6.45, 7) is 12.6. The Hall–Kier alpha value is -1.08. The molecule has 0 amide bonds. The van der Waals surface area contributed by atoms with E-state index in [1.54, 1.807) is 0 Å². The molecule has 21 heavy (non-hydrogen) atoms. The average molecular weight is 287 g/mol. The van der Waals surface area contributed by atoms with Crippen LogP contribution >= 0.6 is 0 Å². The Labute approximate surface area is 132 Å². The summed E-state index contributed by atoms with van der Waals surface area (Å²) in [5.41, 5.74) is 3.03. The minimum absolute atomic E-state index is 0.193. The van der Waals surface area contributed by atoms with Crippen molar-refractivity contribution in [1.82, 2.24) is 4.90 Å². The minimum atomic E-state index is 0.193. The summed E-state index contributed by atoms with van der Waals surface area (Å²) in [5.74, 6) is 0. The van der Waals surface area contributed by atoms with Crippen LogP contribution in [0.1, 0.15) is 59.4 Å². The van der Waals surface area contributed by atoms with Crippen molar-refractivity contribution < 1.29 is 0 Å². The van der Waals surface area contributed by atoms with Crippen molar-refractivity contribution in [1.29, 1.82) is 0 Å². The van der Waals surface area contributed by atoms with Gasteiger partial charge in [-0.3, -0.25) is 4.90 Å². The lowest BCUT2D eigenvalue weighted by atomic mass is 9.78. The summed E-state index contributed by atoms with van der Waals surface area (Å²) in [5, 5.41) is 0. The van der Waals surface area contributed by atoms with Gasteiger partial charge in [-0.15, -0.1) is 0 Å². The second-order valence-electron chi connectivity index (χ2n) is 7.10. The molecule has 0 radical (unpaired) electrons. The fourth-order valence-electron chi connectivity index (χ4n) is 2.83. The molecule has 0 N–H and O–H groups in total.